The highest BCUT2D eigenvalue weighted by atomic mass is 35.5. The molecule has 0 aromatic heterocycles. The second-order valence-electron chi connectivity index (χ2n) is 2.90. The molecule has 1 aromatic rings. The summed E-state index contributed by atoms with van der Waals surface area (Å²) < 4.78 is 4.90. The highest BCUT2D eigenvalue weighted by Gasteiger charge is 2.17. The molecule has 1 rings (SSSR count). The summed E-state index contributed by atoms with van der Waals surface area (Å²) >= 11 is 11.7. The third-order valence-electron chi connectivity index (χ3n) is 1.85. The first-order valence-corrected chi connectivity index (χ1v) is 5.08. The molecule has 0 saturated heterocycles. The molecule has 0 spiro atoms. The van der Waals surface area contributed by atoms with Crippen molar-refractivity contribution < 1.29 is 9.53 Å². The molecule has 1 atom stereocenters. The maximum atomic E-state index is 10.4. The highest BCUT2D eigenvalue weighted by Crippen LogP contribution is 2.31. The number of carbonyl (C=O) groups is 1. The fourth-order valence-corrected chi connectivity index (χ4v) is 1.43. The molecule has 0 aliphatic rings. The van der Waals surface area contributed by atoms with Gasteiger partial charge in [-0.3, -0.25) is 4.79 Å². The minimum atomic E-state index is -0.622. The van der Waals surface area contributed by atoms with Gasteiger partial charge < -0.3 is 4.74 Å². The van der Waals surface area contributed by atoms with Crippen LogP contribution in [-0.4, -0.2) is 6.47 Å². The maximum Gasteiger partial charge on any atom is 0.294 e. The van der Waals surface area contributed by atoms with Gasteiger partial charge in [-0.1, -0.05) is 53.5 Å². The van der Waals surface area contributed by atoms with Crippen LogP contribution in [0.3, 0.4) is 0 Å². The zero-order chi connectivity index (χ0) is 11.3. The van der Waals surface area contributed by atoms with Crippen LogP contribution in [0.25, 0.3) is 0 Å². The molecule has 0 heterocycles. The van der Waals surface area contributed by atoms with Crippen molar-refractivity contribution in [2.75, 3.05) is 0 Å². The van der Waals surface area contributed by atoms with Crippen molar-refractivity contribution in [1.82, 2.24) is 0 Å². The molecule has 80 valence electrons. The van der Waals surface area contributed by atoms with Gasteiger partial charge in [-0.05, 0) is 12.5 Å². The lowest BCUT2D eigenvalue weighted by molar-refractivity contribution is -0.132. The molecule has 0 fully saturated rings. The molecule has 0 bridgehead atoms. The summed E-state index contributed by atoms with van der Waals surface area (Å²) in [5.74, 6) is 0. The molecule has 0 amide bonds. The fraction of sp³-hybridized carbons (Fsp3) is 0.182. The molecular weight excluding hydrogens is 235 g/mol. The standard InChI is InChI=1S/C11H10Cl2O2/c1-8(12)10(13)11(15-7-14)9-5-3-2-4-6-9/h2-7,11H,1H3/b10-8-. The third kappa shape index (κ3) is 3.26. The van der Waals surface area contributed by atoms with E-state index in [1.54, 1.807) is 6.92 Å². The second-order valence-corrected chi connectivity index (χ2v) is 3.88. The predicted molar refractivity (Wildman–Crippen MR) is 60.7 cm³/mol. The Kier molecular flexibility index (Phi) is 4.66. The highest BCUT2D eigenvalue weighted by molar-refractivity contribution is 6.39. The van der Waals surface area contributed by atoms with Crippen LogP contribution < -0.4 is 0 Å². The Morgan fingerprint density at radius 3 is 2.40 bits per heavy atom. The Labute approximate surface area is 98.4 Å². The normalized spacial score (nSPS) is 14.1. The molecule has 0 saturated carbocycles. The van der Waals surface area contributed by atoms with Crippen molar-refractivity contribution in [3.8, 4) is 0 Å². The molecule has 15 heavy (non-hydrogen) atoms. The lowest BCUT2D eigenvalue weighted by Gasteiger charge is -2.15. The van der Waals surface area contributed by atoms with E-state index in [2.05, 4.69) is 0 Å². The number of allylic oxidation sites excluding steroid dienone is 1. The van der Waals surface area contributed by atoms with E-state index in [0.717, 1.165) is 5.56 Å². The maximum absolute atomic E-state index is 10.4. The molecule has 0 aliphatic carbocycles. The van der Waals surface area contributed by atoms with Crippen molar-refractivity contribution in [2.24, 2.45) is 0 Å². The van der Waals surface area contributed by atoms with Gasteiger partial charge in [0.05, 0.1) is 5.03 Å². The SMILES string of the molecule is C/C(Cl)=C(/Cl)C(OC=O)c1ccccc1. The van der Waals surface area contributed by atoms with Crippen LogP contribution in [0, 0.1) is 0 Å². The number of halogens is 2. The monoisotopic (exact) mass is 244 g/mol. The largest absolute Gasteiger partial charge is 0.454 e. The average Bonchev–Trinajstić information content (AvgIpc) is 2.26. The third-order valence-corrected chi connectivity index (χ3v) is 2.64. The number of benzene rings is 1. The zero-order valence-electron chi connectivity index (χ0n) is 8.11. The van der Waals surface area contributed by atoms with Crippen LogP contribution >= 0.6 is 23.2 Å². The Bertz CT molecular complexity index is 356. The van der Waals surface area contributed by atoms with Gasteiger partial charge in [-0.15, -0.1) is 0 Å². The summed E-state index contributed by atoms with van der Waals surface area (Å²) in [6, 6.07) is 9.17. The first kappa shape index (κ1) is 12.1. The summed E-state index contributed by atoms with van der Waals surface area (Å²) in [5, 5.41) is 0.724. The molecule has 4 heteroatoms. The molecular formula is C11H10Cl2O2. The van der Waals surface area contributed by atoms with Gasteiger partial charge in [0.15, 0.2) is 6.10 Å². The lowest BCUT2D eigenvalue weighted by Crippen LogP contribution is -2.04. The van der Waals surface area contributed by atoms with E-state index in [9.17, 15) is 4.79 Å². The summed E-state index contributed by atoms with van der Waals surface area (Å²) in [4.78, 5) is 10.4. The van der Waals surface area contributed by atoms with Gasteiger partial charge in [-0.2, -0.15) is 0 Å². The van der Waals surface area contributed by atoms with E-state index in [0.29, 0.717) is 16.5 Å². The lowest BCUT2D eigenvalue weighted by atomic mass is 10.1. The van der Waals surface area contributed by atoms with Crippen molar-refractivity contribution >= 4 is 29.7 Å². The van der Waals surface area contributed by atoms with Gasteiger partial charge in [0.25, 0.3) is 6.47 Å². The van der Waals surface area contributed by atoms with Gasteiger partial charge in [0.1, 0.15) is 0 Å². The van der Waals surface area contributed by atoms with E-state index in [-0.39, 0.29) is 0 Å². The van der Waals surface area contributed by atoms with Gasteiger partial charge in [0, 0.05) is 5.03 Å². The summed E-state index contributed by atoms with van der Waals surface area (Å²) in [6.45, 7) is 2.01. The second kappa shape index (κ2) is 5.79. The number of ether oxygens (including phenoxy) is 1. The van der Waals surface area contributed by atoms with Crippen molar-refractivity contribution in [3.63, 3.8) is 0 Å². The number of hydrogen-bond donors (Lipinski definition) is 0. The first-order valence-electron chi connectivity index (χ1n) is 4.32. The molecule has 2 nitrogen and oxygen atoms in total. The van der Waals surface area contributed by atoms with Gasteiger partial charge in [-0.25, -0.2) is 0 Å². The number of rotatable bonds is 4. The fourth-order valence-electron chi connectivity index (χ4n) is 1.15. The van der Waals surface area contributed by atoms with Crippen LogP contribution in [0.4, 0.5) is 0 Å². The van der Waals surface area contributed by atoms with Crippen LogP contribution in [0.1, 0.15) is 18.6 Å². The Hall–Kier alpha value is -0.990. The smallest absolute Gasteiger partial charge is 0.294 e. The summed E-state index contributed by atoms with van der Waals surface area (Å²) in [5.41, 5.74) is 0.787. The Morgan fingerprint density at radius 1 is 1.33 bits per heavy atom. The minimum absolute atomic E-state index is 0.315. The number of hydrogen-bond acceptors (Lipinski definition) is 2. The minimum Gasteiger partial charge on any atom is -0.454 e. The molecule has 0 aliphatic heterocycles. The molecule has 0 radical (unpaired) electrons. The van der Waals surface area contributed by atoms with Crippen molar-refractivity contribution in [2.45, 2.75) is 13.0 Å². The Balaban J connectivity index is 3.04. The van der Waals surface area contributed by atoms with E-state index in [1.165, 1.54) is 0 Å². The molecule has 0 N–H and O–H groups in total. The zero-order valence-corrected chi connectivity index (χ0v) is 9.63. The first-order chi connectivity index (χ1) is 7.16. The Morgan fingerprint density at radius 2 is 1.93 bits per heavy atom. The van der Waals surface area contributed by atoms with Crippen LogP contribution in [0.15, 0.2) is 40.4 Å². The predicted octanol–water partition coefficient (Wildman–Crippen LogP) is 3.61. The van der Waals surface area contributed by atoms with E-state index in [1.807, 2.05) is 30.3 Å². The van der Waals surface area contributed by atoms with Gasteiger partial charge >= 0.3 is 0 Å². The van der Waals surface area contributed by atoms with E-state index in [4.69, 9.17) is 27.9 Å². The molecule has 1 aromatic carbocycles. The number of carbonyl (C=O) groups excluding carboxylic acids is 1. The van der Waals surface area contributed by atoms with E-state index >= 15 is 0 Å². The molecule has 1 unspecified atom stereocenters. The summed E-state index contributed by atoms with van der Waals surface area (Å²) in [7, 11) is 0. The van der Waals surface area contributed by atoms with Crippen molar-refractivity contribution in [3.05, 3.63) is 46.0 Å². The van der Waals surface area contributed by atoms with Crippen LogP contribution in [0.2, 0.25) is 0 Å². The van der Waals surface area contributed by atoms with Gasteiger partial charge in [0.2, 0.25) is 0 Å². The average molecular weight is 245 g/mol. The van der Waals surface area contributed by atoms with E-state index < -0.39 is 6.10 Å². The topological polar surface area (TPSA) is 26.3 Å². The van der Waals surface area contributed by atoms with Crippen molar-refractivity contribution in [1.29, 1.82) is 0 Å². The van der Waals surface area contributed by atoms with Crippen LogP contribution in [0.5, 0.6) is 0 Å². The van der Waals surface area contributed by atoms with Crippen LogP contribution in [-0.2, 0) is 9.53 Å². The quantitative estimate of drug-likeness (QED) is 0.757. The summed E-state index contributed by atoms with van der Waals surface area (Å²) in [6.07, 6.45) is -0.622.